The highest BCUT2D eigenvalue weighted by molar-refractivity contribution is 6.37. The van der Waals surface area contributed by atoms with E-state index in [0.717, 1.165) is 236 Å². The van der Waals surface area contributed by atoms with Crippen LogP contribution in [0.3, 0.4) is 0 Å². The summed E-state index contributed by atoms with van der Waals surface area (Å²) in [6, 6.07) is 44.5. The summed E-state index contributed by atoms with van der Waals surface area (Å²) in [5.41, 5.74) is 38.5. The van der Waals surface area contributed by atoms with Gasteiger partial charge in [0.2, 0.25) is 0 Å². The fraction of sp³-hybridized carbons (Fsp3) is 0.348. The van der Waals surface area contributed by atoms with Gasteiger partial charge in [0.1, 0.15) is 0 Å². The maximum Gasteiger partial charge on any atom is 0.0910 e. The lowest BCUT2D eigenvalue weighted by Crippen LogP contribution is -2.23. The normalized spacial score (nSPS) is 15.8. The molecule has 100 heavy (non-hydrogen) atoms. The van der Waals surface area contributed by atoms with E-state index in [9.17, 15) is 0 Å². The van der Waals surface area contributed by atoms with Gasteiger partial charge in [0.15, 0.2) is 0 Å². The van der Waals surface area contributed by atoms with Gasteiger partial charge in [-0.05, 0) is 214 Å². The second-order valence-electron chi connectivity index (χ2n) is 27.0. The molecular formula is C92H104N8. The van der Waals surface area contributed by atoms with Crippen molar-refractivity contribution < 1.29 is 0 Å². The number of aromatic nitrogens is 4. The zero-order valence-corrected chi connectivity index (χ0v) is 62.6. The molecule has 0 spiro atoms. The molecule has 16 bridgehead atoms. The Kier molecular flexibility index (Phi) is 20.3. The SMILES string of the molecule is CCC1=C(CC)C2=c3[nH]c(c(CC)c3CC)=C(c3ccccc3)C3=NC(=c4[nH]c(c(CC)c4CC)=C(c4ccccc4)C4=NC(=c5[nH]c(c(CC)c5CC)=C(c5ccccc5)C5=NC(=c6[nH]c(c(CC)c6CC)=C(c6ccccc6)C1=N2)C(CC)=C5CC)C(CC)=C4CC)C(CC)=C3CC. The number of hydrogen-bond acceptors (Lipinski definition) is 4. The van der Waals surface area contributed by atoms with Crippen molar-refractivity contribution in [1.82, 2.24) is 19.9 Å². The van der Waals surface area contributed by atoms with Crippen molar-refractivity contribution in [3.05, 3.63) is 275 Å². The van der Waals surface area contributed by atoms with Gasteiger partial charge in [0.25, 0.3) is 0 Å². The number of benzene rings is 4. The number of allylic oxidation sites excluding steroid dienone is 4. The van der Waals surface area contributed by atoms with E-state index >= 15 is 0 Å². The Bertz CT molecular complexity index is 4740. The Hall–Kier alpha value is -9.40. The lowest BCUT2D eigenvalue weighted by molar-refractivity contribution is 1.03. The molecule has 0 amide bonds. The van der Waals surface area contributed by atoms with Crippen LogP contribution in [0.25, 0.3) is 45.1 Å². The number of rotatable bonds is 20. The van der Waals surface area contributed by atoms with E-state index in [2.05, 4.69) is 252 Å². The van der Waals surface area contributed by atoms with E-state index in [1.165, 1.54) is 89.1 Å². The number of aromatic amines is 4. The number of H-pyrrole nitrogens is 4. The second-order valence-corrected chi connectivity index (χ2v) is 27.0. The van der Waals surface area contributed by atoms with Crippen LogP contribution in [0, 0.1) is 0 Å². The molecule has 0 radical (unpaired) electrons. The molecule has 5 aliphatic rings. The summed E-state index contributed by atoms with van der Waals surface area (Å²) in [4.78, 5) is 41.9. The van der Waals surface area contributed by atoms with Crippen molar-refractivity contribution >= 4 is 67.9 Å². The third kappa shape index (κ3) is 11.2. The molecule has 0 unspecified atom stereocenters. The monoisotopic (exact) mass is 1320 g/mol. The molecule has 4 aromatic heterocycles. The van der Waals surface area contributed by atoms with Crippen LogP contribution >= 0.6 is 0 Å². The number of hydrogen-bond donors (Lipinski definition) is 4. The third-order valence-electron chi connectivity index (χ3n) is 22.3. The van der Waals surface area contributed by atoms with Crippen LogP contribution < -0.4 is 42.8 Å². The van der Waals surface area contributed by atoms with Gasteiger partial charge in [0.05, 0.1) is 88.4 Å². The maximum atomic E-state index is 6.15. The van der Waals surface area contributed by atoms with Crippen LogP contribution in [0.1, 0.15) is 229 Å². The Morgan fingerprint density at radius 3 is 0.500 bits per heavy atom. The van der Waals surface area contributed by atoms with Crippen molar-refractivity contribution in [2.24, 2.45) is 20.0 Å². The number of fused-ring (bicyclic) bond motifs is 12. The van der Waals surface area contributed by atoms with Gasteiger partial charge in [-0.1, -0.05) is 232 Å². The summed E-state index contributed by atoms with van der Waals surface area (Å²) in [7, 11) is 0. The highest BCUT2D eigenvalue weighted by atomic mass is 14.9. The second kappa shape index (κ2) is 29.4. The summed E-state index contributed by atoms with van der Waals surface area (Å²) in [6.07, 6.45) is 13.3. The predicted octanol–water partition coefficient (Wildman–Crippen LogP) is 16.1. The summed E-state index contributed by atoms with van der Waals surface area (Å²) in [5.74, 6) is 0. The Morgan fingerprint density at radius 2 is 0.350 bits per heavy atom. The number of nitrogens with zero attached hydrogens (tertiary/aromatic N) is 4. The molecule has 13 rings (SSSR count). The topological polar surface area (TPSA) is 113 Å². The summed E-state index contributed by atoms with van der Waals surface area (Å²) >= 11 is 0. The van der Waals surface area contributed by atoms with Crippen molar-refractivity contribution in [2.75, 3.05) is 0 Å². The zero-order valence-electron chi connectivity index (χ0n) is 62.6. The minimum Gasteiger partial charge on any atom is -0.353 e. The molecule has 4 aromatic carbocycles. The van der Waals surface area contributed by atoms with Crippen molar-refractivity contribution in [3.63, 3.8) is 0 Å². The lowest BCUT2D eigenvalue weighted by atomic mass is 9.90. The van der Waals surface area contributed by atoms with Crippen LogP contribution in [0.2, 0.25) is 0 Å². The molecule has 8 heteroatoms. The van der Waals surface area contributed by atoms with Crippen molar-refractivity contribution in [3.8, 4) is 0 Å². The predicted molar refractivity (Wildman–Crippen MR) is 425 cm³/mol. The van der Waals surface area contributed by atoms with Gasteiger partial charge >= 0.3 is 0 Å². The fourth-order valence-corrected chi connectivity index (χ4v) is 17.9. The summed E-state index contributed by atoms with van der Waals surface area (Å²) in [5, 5.41) is 9.00. The highest BCUT2D eigenvalue weighted by Crippen LogP contribution is 2.41. The van der Waals surface area contributed by atoms with Gasteiger partial charge in [-0.15, -0.1) is 0 Å². The summed E-state index contributed by atoms with van der Waals surface area (Å²) in [6.45, 7) is 37.4. The Balaban J connectivity index is 1.33. The molecule has 8 aromatic rings. The standard InChI is InChI=1S/C92H104N8/c1-17-57-65(25-9)85-86-66(26-10)59(19-3)79(95-86)74(54-47-39-34-40-48-54)80-61(21-5)69(29-13)89(97-80)90-70(30-14)63(23-7)83(99-90)76(56-51-43-36-44-52-56)84-64(24-8)72(32-16)92(100-84)91-71(31-15)62(22-6)82(98-91)75(55-49-41-35-42-50-55)81-60(20-4)68(28-12)88(96-81)87-67(27-11)58(18-2)78(94-87)73(77(57)93-85)53-45-37-33-38-46-53/h33-52,93,96-97,100H,17-32H2,1-16H3. The van der Waals surface area contributed by atoms with E-state index in [4.69, 9.17) is 20.0 Å². The van der Waals surface area contributed by atoms with Crippen molar-refractivity contribution in [2.45, 2.75) is 214 Å². The van der Waals surface area contributed by atoms with Gasteiger partial charge in [0, 0.05) is 22.3 Å². The Labute approximate surface area is 593 Å². The largest absolute Gasteiger partial charge is 0.353 e. The first-order valence-corrected chi connectivity index (χ1v) is 38.4. The summed E-state index contributed by atoms with van der Waals surface area (Å²) < 4.78 is 0. The minimum absolute atomic E-state index is 0.827. The number of aliphatic imine (C=N–C) groups is 4. The first-order chi connectivity index (χ1) is 49.0. The number of nitrogens with one attached hydrogen (secondary N) is 4. The molecule has 0 fully saturated rings. The first kappa shape index (κ1) is 69.1. The third-order valence-corrected chi connectivity index (χ3v) is 22.3. The Morgan fingerprint density at radius 1 is 0.190 bits per heavy atom. The molecule has 0 saturated carbocycles. The van der Waals surface area contributed by atoms with Gasteiger partial charge in [-0.3, -0.25) is 0 Å². The van der Waals surface area contributed by atoms with Crippen LogP contribution in [0.4, 0.5) is 0 Å². The fourth-order valence-electron chi connectivity index (χ4n) is 17.9. The molecule has 0 aliphatic carbocycles. The van der Waals surface area contributed by atoms with Crippen LogP contribution in [0.15, 0.2) is 186 Å². The molecule has 512 valence electrons. The van der Waals surface area contributed by atoms with Crippen LogP contribution in [-0.4, -0.2) is 42.8 Å². The zero-order chi connectivity index (χ0) is 70.2. The quantitative estimate of drug-likeness (QED) is 0.0583. The average Bonchev–Trinajstić information content (AvgIpc) is 1.57. The lowest BCUT2D eigenvalue weighted by Gasteiger charge is -2.12. The van der Waals surface area contributed by atoms with Crippen molar-refractivity contribution in [1.29, 1.82) is 0 Å². The van der Waals surface area contributed by atoms with Crippen LogP contribution in [0.5, 0.6) is 0 Å². The molecule has 9 heterocycles. The molecule has 0 atom stereocenters. The molecule has 4 N–H and O–H groups in total. The van der Waals surface area contributed by atoms with E-state index in [1.54, 1.807) is 0 Å². The maximum absolute atomic E-state index is 6.15. The van der Waals surface area contributed by atoms with E-state index in [0.29, 0.717) is 0 Å². The first-order valence-electron chi connectivity index (χ1n) is 38.4. The van der Waals surface area contributed by atoms with Crippen LogP contribution in [-0.2, 0) is 51.4 Å². The van der Waals surface area contributed by atoms with E-state index in [1.807, 2.05) is 0 Å². The highest BCUT2D eigenvalue weighted by Gasteiger charge is 2.36. The van der Waals surface area contributed by atoms with E-state index < -0.39 is 0 Å². The molecular weight excluding hydrogens is 1220 g/mol. The minimum atomic E-state index is 0.827. The van der Waals surface area contributed by atoms with E-state index in [-0.39, 0.29) is 0 Å². The smallest absolute Gasteiger partial charge is 0.0910 e. The van der Waals surface area contributed by atoms with Gasteiger partial charge in [-0.25, -0.2) is 20.0 Å². The van der Waals surface area contributed by atoms with Gasteiger partial charge < -0.3 is 19.9 Å². The molecule has 5 aliphatic heterocycles. The molecule has 8 nitrogen and oxygen atoms in total. The van der Waals surface area contributed by atoms with Gasteiger partial charge in [-0.2, -0.15) is 0 Å². The average molecular weight is 1320 g/mol. The molecule has 0 saturated heterocycles.